The van der Waals surface area contributed by atoms with Gasteiger partial charge in [0.2, 0.25) is 0 Å². The SMILES string of the molecule is COC(=O)C(C)c1ccc(Oc2ccc(OC)c(C(C)C)c2)cc1. The Hall–Kier alpha value is -2.49. The molecule has 0 N–H and O–H groups in total. The summed E-state index contributed by atoms with van der Waals surface area (Å²) in [7, 11) is 3.06. The molecule has 0 heterocycles. The molecule has 0 aliphatic carbocycles. The van der Waals surface area contributed by atoms with E-state index >= 15 is 0 Å². The molecule has 4 heteroatoms. The number of methoxy groups -OCH3 is 2. The molecule has 0 aliphatic heterocycles. The van der Waals surface area contributed by atoms with Crippen LogP contribution >= 0.6 is 0 Å². The van der Waals surface area contributed by atoms with E-state index in [0.717, 1.165) is 28.4 Å². The van der Waals surface area contributed by atoms with Crippen LogP contribution in [0.2, 0.25) is 0 Å². The van der Waals surface area contributed by atoms with Crippen molar-refractivity contribution < 1.29 is 19.0 Å². The number of esters is 1. The zero-order valence-electron chi connectivity index (χ0n) is 14.8. The second-order valence-corrected chi connectivity index (χ2v) is 5.97. The molecular weight excluding hydrogens is 304 g/mol. The molecule has 2 aromatic carbocycles. The van der Waals surface area contributed by atoms with Gasteiger partial charge in [-0.25, -0.2) is 0 Å². The smallest absolute Gasteiger partial charge is 0.312 e. The Morgan fingerprint density at radius 2 is 1.54 bits per heavy atom. The normalized spacial score (nSPS) is 11.9. The fourth-order valence-corrected chi connectivity index (χ4v) is 2.50. The molecule has 1 unspecified atom stereocenters. The van der Waals surface area contributed by atoms with Crippen molar-refractivity contribution in [3.05, 3.63) is 53.6 Å². The lowest BCUT2D eigenvalue weighted by atomic mass is 10.0. The third kappa shape index (κ3) is 4.07. The predicted octanol–water partition coefficient (Wildman–Crippen LogP) is 4.89. The van der Waals surface area contributed by atoms with Crippen LogP contribution in [0.25, 0.3) is 0 Å². The molecular formula is C20H24O4. The molecule has 2 rings (SSSR count). The number of benzene rings is 2. The average molecular weight is 328 g/mol. The molecule has 0 bridgehead atoms. The minimum absolute atomic E-state index is 0.250. The molecule has 0 spiro atoms. The van der Waals surface area contributed by atoms with Gasteiger partial charge in [-0.2, -0.15) is 0 Å². The topological polar surface area (TPSA) is 44.8 Å². The number of hydrogen-bond acceptors (Lipinski definition) is 4. The van der Waals surface area contributed by atoms with Crippen LogP contribution in [-0.2, 0) is 9.53 Å². The van der Waals surface area contributed by atoms with Gasteiger partial charge >= 0.3 is 5.97 Å². The van der Waals surface area contributed by atoms with Crippen molar-refractivity contribution in [2.24, 2.45) is 0 Å². The molecule has 0 saturated carbocycles. The van der Waals surface area contributed by atoms with Crippen LogP contribution < -0.4 is 9.47 Å². The lowest BCUT2D eigenvalue weighted by molar-refractivity contribution is -0.141. The van der Waals surface area contributed by atoms with Crippen molar-refractivity contribution in [1.82, 2.24) is 0 Å². The standard InChI is InChI=1S/C20H24O4/c1-13(2)18-12-17(10-11-19(18)22-4)24-16-8-6-15(7-9-16)14(3)20(21)23-5/h6-14H,1-5H3. The van der Waals surface area contributed by atoms with E-state index in [1.807, 2.05) is 49.4 Å². The summed E-state index contributed by atoms with van der Waals surface area (Å²) >= 11 is 0. The van der Waals surface area contributed by atoms with E-state index in [9.17, 15) is 4.79 Å². The maximum atomic E-state index is 11.6. The molecule has 2 aromatic rings. The monoisotopic (exact) mass is 328 g/mol. The second kappa shape index (κ2) is 7.86. The molecule has 0 fully saturated rings. The highest BCUT2D eigenvalue weighted by Crippen LogP contribution is 2.32. The van der Waals surface area contributed by atoms with E-state index in [-0.39, 0.29) is 11.9 Å². The Balaban J connectivity index is 2.17. The summed E-state index contributed by atoms with van der Waals surface area (Å²) in [5.41, 5.74) is 2.00. The van der Waals surface area contributed by atoms with Crippen LogP contribution in [0, 0.1) is 0 Å². The van der Waals surface area contributed by atoms with E-state index in [1.54, 1.807) is 7.11 Å². The number of hydrogen-bond donors (Lipinski definition) is 0. The van der Waals surface area contributed by atoms with Crippen molar-refractivity contribution in [1.29, 1.82) is 0 Å². The fourth-order valence-electron chi connectivity index (χ4n) is 2.50. The van der Waals surface area contributed by atoms with Crippen LogP contribution in [0.5, 0.6) is 17.2 Å². The molecule has 0 aromatic heterocycles. The summed E-state index contributed by atoms with van der Waals surface area (Å²) in [6.45, 7) is 6.05. The highest BCUT2D eigenvalue weighted by atomic mass is 16.5. The van der Waals surface area contributed by atoms with Gasteiger partial charge in [0.25, 0.3) is 0 Å². The zero-order valence-corrected chi connectivity index (χ0v) is 14.8. The van der Waals surface area contributed by atoms with Gasteiger partial charge in [-0.1, -0.05) is 26.0 Å². The van der Waals surface area contributed by atoms with Crippen molar-refractivity contribution in [2.75, 3.05) is 14.2 Å². The van der Waals surface area contributed by atoms with Gasteiger partial charge in [-0.15, -0.1) is 0 Å². The van der Waals surface area contributed by atoms with Crippen molar-refractivity contribution >= 4 is 5.97 Å². The molecule has 0 radical (unpaired) electrons. The number of carbonyl (C=O) groups is 1. The highest BCUT2D eigenvalue weighted by molar-refractivity contribution is 5.77. The summed E-state index contributed by atoms with van der Waals surface area (Å²) in [6, 6.07) is 13.3. The van der Waals surface area contributed by atoms with Crippen molar-refractivity contribution in [2.45, 2.75) is 32.6 Å². The summed E-state index contributed by atoms with van der Waals surface area (Å²) in [4.78, 5) is 11.6. The maximum Gasteiger partial charge on any atom is 0.312 e. The van der Waals surface area contributed by atoms with Crippen LogP contribution in [0.1, 0.15) is 43.7 Å². The summed E-state index contributed by atoms with van der Waals surface area (Å²) < 4.78 is 16.1. The molecule has 24 heavy (non-hydrogen) atoms. The Kier molecular flexibility index (Phi) is 5.85. The maximum absolute atomic E-state index is 11.6. The van der Waals surface area contributed by atoms with Crippen molar-refractivity contribution in [3.8, 4) is 17.2 Å². The Morgan fingerprint density at radius 1 is 0.917 bits per heavy atom. The third-order valence-corrected chi connectivity index (χ3v) is 3.99. The van der Waals surface area contributed by atoms with Crippen LogP contribution in [0.15, 0.2) is 42.5 Å². The van der Waals surface area contributed by atoms with Gasteiger partial charge in [-0.05, 0) is 48.7 Å². The van der Waals surface area contributed by atoms with Gasteiger partial charge < -0.3 is 14.2 Å². The van der Waals surface area contributed by atoms with E-state index in [4.69, 9.17) is 14.2 Å². The highest BCUT2D eigenvalue weighted by Gasteiger charge is 2.15. The number of rotatable bonds is 6. The Bertz CT molecular complexity index is 689. The van der Waals surface area contributed by atoms with E-state index in [2.05, 4.69) is 13.8 Å². The average Bonchev–Trinajstić information content (AvgIpc) is 2.61. The molecule has 0 aliphatic rings. The molecule has 0 saturated heterocycles. The lowest BCUT2D eigenvalue weighted by Crippen LogP contribution is -2.10. The van der Waals surface area contributed by atoms with Crippen molar-refractivity contribution in [3.63, 3.8) is 0 Å². The minimum Gasteiger partial charge on any atom is -0.496 e. The first-order valence-corrected chi connectivity index (χ1v) is 7.99. The fraction of sp³-hybridized carbons (Fsp3) is 0.350. The third-order valence-electron chi connectivity index (χ3n) is 3.99. The first-order valence-electron chi connectivity index (χ1n) is 7.99. The lowest BCUT2D eigenvalue weighted by Gasteiger charge is -2.14. The minimum atomic E-state index is -0.294. The van der Waals surface area contributed by atoms with E-state index in [0.29, 0.717) is 5.92 Å². The molecule has 4 nitrogen and oxygen atoms in total. The second-order valence-electron chi connectivity index (χ2n) is 5.97. The van der Waals surface area contributed by atoms with E-state index in [1.165, 1.54) is 7.11 Å². The summed E-state index contributed by atoms with van der Waals surface area (Å²) in [5, 5.41) is 0. The van der Waals surface area contributed by atoms with Crippen LogP contribution in [0.3, 0.4) is 0 Å². The van der Waals surface area contributed by atoms with E-state index < -0.39 is 0 Å². The van der Waals surface area contributed by atoms with Gasteiger partial charge in [0, 0.05) is 5.56 Å². The van der Waals surface area contributed by atoms with Gasteiger partial charge in [0.1, 0.15) is 17.2 Å². The Labute approximate surface area is 143 Å². The van der Waals surface area contributed by atoms with Crippen LogP contribution in [-0.4, -0.2) is 20.2 Å². The van der Waals surface area contributed by atoms with Gasteiger partial charge in [-0.3, -0.25) is 4.79 Å². The summed E-state index contributed by atoms with van der Waals surface area (Å²) in [6.07, 6.45) is 0. The quantitative estimate of drug-likeness (QED) is 0.708. The van der Waals surface area contributed by atoms with Gasteiger partial charge in [0.05, 0.1) is 20.1 Å². The van der Waals surface area contributed by atoms with Crippen LogP contribution in [0.4, 0.5) is 0 Å². The molecule has 128 valence electrons. The Morgan fingerprint density at radius 3 is 2.08 bits per heavy atom. The largest absolute Gasteiger partial charge is 0.496 e. The molecule has 0 amide bonds. The molecule has 1 atom stereocenters. The zero-order chi connectivity index (χ0) is 17.7. The number of ether oxygens (including phenoxy) is 3. The summed E-state index contributed by atoms with van der Waals surface area (Å²) in [5.74, 6) is 2.13. The first kappa shape index (κ1) is 17.9. The predicted molar refractivity (Wildman–Crippen MR) is 94.0 cm³/mol. The van der Waals surface area contributed by atoms with Gasteiger partial charge in [0.15, 0.2) is 0 Å². The number of carbonyl (C=O) groups excluding carboxylic acids is 1. The first-order chi connectivity index (χ1) is 11.5.